The first-order chi connectivity index (χ1) is 11.5. The molecule has 3 atom stereocenters. The summed E-state index contributed by atoms with van der Waals surface area (Å²) in [5.41, 5.74) is 0. The molecule has 7 nitrogen and oxygen atoms in total. The van der Waals surface area contributed by atoms with Crippen LogP contribution in [0.25, 0.3) is 0 Å². The number of furan rings is 1. The fourth-order valence-corrected chi connectivity index (χ4v) is 3.06. The highest BCUT2D eigenvalue weighted by Crippen LogP contribution is 2.17. The Labute approximate surface area is 144 Å². The quantitative estimate of drug-likeness (QED) is 0.784. The van der Waals surface area contributed by atoms with Crippen molar-refractivity contribution in [3.05, 3.63) is 24.2 Å². The van der Waals surface area contributed by atoms with Crippen molar-refractivity contribution in [2.24, 2.45) is 0 Å². The van der Waals surface area contributed by atoms with E-state index in [9.17, 15) is 4.79 Å². The van der Waals surface area contributed by atoms with E-state index in [0.29, 0.717) is 13.1 Å². The Morgan fingerprint density at radius 1 is 1.33 bits per heavy atom. The maximum Gasteiger partial charge on any atom is 0.314 e. The second-order valence-corrected chi connectivity index (χ2v) is 6.65. The molecule has 1 aromatic rings. The van der Waals surface area contributed by atoms with Crippen LogP contribution in [0, 0.1) is 0 Å². The maximum atomic E-state index is 12.0. The molecule has 1 saturated heterocycles. The molecule has 1 fully saturated rings. The van der Waals surface area contributed by atoms with Gasteiger partial charge in [0, 0.05) is 32.7 Å². The Morgan fingerprint density at radius 2 is 2.04 bits per heavy atom. The van der Waals surface area contributed by atoms with E-state index in [2.05, 4.69) is 29.4 Å². The van der Waals surface area contributed by atoms with Crippen LogP contribution in [-0.2, 0) is 4.74 Å². The lowest BCUT2D eigenvalue weighted by atomic mass is 10.2. The average molecular weight is 338 g/mol. The summed E-state index contributed by atoms with van der Waals surface area (Å²) < 4.78 is 11.1. The molecule has 7 heteroatoms. The molecule has 24 heavy (non-hydrogen) atoms. The summed E-state index contributed by atoms with van der Waals surface area (Å²) in [6.07, 6.45) is 2.14. The Bertz CT molecular complexity index is 482. The molecule has 1 aliphatic rings. The van der Waals surface area contributed by atoms with E-state index < -0.39 is 0 Å². The van der Waals surface area contributed by atoms with Crippen LogP contribution in [0.15, 0.2) is 22.8 Å². The number of nitrogens with zero attached hydrogens (tertiary/aromatic N) is 2. The van der Waals surface area contributed by atoms with Crippen molar-refractivity contribution >= 4 is 6.03 Å². The second kappa shape index (κ2) is 9.05. The third-order valence-corrected chi connectivity index (χ3v) is 4.16. The average Bonchev–Trinajstić information content (AvgIpc) is 3.00. The monoisotopic (exact) mass is 338 g/mol. The largest absolute Gasteiger partial charge is 0.468 e. The number of rotatable bonds is 7. The fourth-order valence-electron chi connectivity index (χ4n) is 3.06. The van der Waals surface area contributed by atoms with Gasteiger partial charge in [-0.05, 0) is 40.1 Å². The summed E-state index contributed by atoms with van der Waals surface area (Å²) in [4.78, 5) is 16.3. The van der Waals surface area contributed by atoms with Crippen molar-refractivity contribution in [2.75, 3.05) is 46.8 Å². The topological polar surface area (TPSA) is 70.0 Å². The van der Waals surface area contributed by atoms with Crippen molar-refractivity contribution in [3.8, 4) is 0 Å². The zero-order valence-electron chi connectivity index (χ0n) is 15.1. The minimum absolute atomic E-state index is 0.0201. The van der Waals surface area contributed by atoms with E-state index in [1.54, 1.807) is 6.26 Å². The Hall–Kier alpha value is -1.57. The van der Waals surface area contributed by atoms with Crippen LogP contribution in [-0.4, -0.2) is 74.9 Å². The van der Waals surface area contributed by atoms with E-state index in [-0.39, 0.29) is 24.3 Å². The van der Waals surface area contributed by atoms with Crippen LogP contribution in [0.2, 0.25) is 0 Å². The fraction of sp³-hybridized carbons (Fsp3) is 0.706. The summed E-state index contributed by atoms with van der Waals surface area (Å²) in [5.74, 6) is 0.844. The van der Waals surface area contributed by atoms with Gasteiger partial charge in [0.05, 0.1) is 24.5 Å². The van der Waals surface area contributed by atoms with Crippen LogP contribution < -0.4 is 10.6 Å². The van der Waals surface area contributed by atoms with Crippen LogP contribution in [0.4, 0.5) is 4.79 Å². The summed E-state index contributed by atoms with van der Waals surface area (Å²) in [6.45, 7) is 7.94. The van der Waals surface area contributed by atoms with Crippen molar-refractivity contribution in [1.82, 2.24) is 20.4 Å². The van der Waals surface area contributed by atoms with E-state index in [1.807, 2.05) is 31.1 Å². The number of hydrogen-bond donors (Lipinski definition) is 2. The van der Waals surface area contributed by atoms with Crippen molar-refractivity contribution in [3.63, 3.8) is 0 Å². The molecule has 1 aliphatic heterocycles. The highest BCUT2D eigenvalue weighted by Gasteiger charge is 2.22. The van der Waals surface area contributed by atoms with Gasteiger partial charge in [-0.25, -0.2) is 4.79 Å². The van der Waals surface area contributed by atoms with Crippen molar-refractivity contribution < 1.29 is 13.9 Å². The Morgan fingerprint density at radius 3 is 2.62 bits per heavy atom. The first-order valence-electron chi connectivity index (χ1n) is 8.55. The zero-order valence-corrected chi connectivity index (χ0v) is 15.1. The summed E-state index contributed by atoms with van der Waals surface area (Å²) in [7, 11) is 3.93. The van der Waals surface area contributed by atoms with Crippen molar-refractivity contribution in [2.45, 2.75) is 32.1 Å². The molecular weight excluding hydrogens is 308 g/mol. The highest BCUT2D eigenvalue weighted by atomic mass is 16.5. The van der Waals surface area contributed by atoms with E-state index in [1.165, 1.54) is 0 Å². The van der Waals surface area contributed by atoms with E-state index in [4.69, 9.17) is 9.15 Å². The van der Waals surface area contributed by atoms with Crippen LogP contribution >= 0.6 is 0 Å². The first-order valence-corrected chi connectivity index (χ1v) is 8.55. The highest BCUT2D eigenvalue weighted by molar-refractivity contribution is 5.73. The van der Waals surface area contributed by atoms with Gasteiger partial charge in [0.15, 0.2) is 0 Å². The molecule has 1 aromatic heterocycles. The third kappa shape index (κ3) is 5.81. The minimum Gasteiger partial charge on any atom is -0.468 e. The van der Waals surface area contributed by atoms with Gasteiger partial charge < -0.3 is 19.8 Å². The lowest BCUT2D eigenvalue weighted by Gasteiger charge is -2.35. The molecule has 0 aliphatic carbocycles. The molecule has 0 bridgehead atoms. The standard InChI is InChI=1S/C17H30N4O3/c1-13-11-21(12-14(2)24-13)8-7-18-17(22)19-10-15(20(3)4)16-6-5-9-23-16/h5-6,9,13-15H,7-8,10-12H2,1-4H3,(H2,18,19,22)/t13-,14-,15+/m1/s1. The molecule has 2 amide bonds. The smallest absolute Gasteiger partial charge is 0.314 e. The van der Waals surface area contributed by atoms with Gasteiger partial charge in [0.25, 0.3) is 0 Å². The zero-order chi connectivity index (χ0) is 17.5. The number of carbonyl (C=O) groups is 1. The number of morpholine rings is 1. The molecule has 0 unspecified atom stereocenters. The van der Waals surface area contributed by atoms with Gasteiger partial charge in [0.2, 0.25) is 0 Å². The summed E-state index contributed by atoms with van der Waals surface area (Å²) >= 11 is 0. The van der Waals surface area contributed by atoms with Crippen LogP contribution in [0.1, 0.15) is 25.6 Å². The number of urea groups is 1. The van der Waals surface area contributed by atoms with Gasteiger partial charge in [-0.15, -0.1) is 0 Å². The van der Waals surface area contributed by atoms with Gasteiger partial charge >= 0.3 is 6.03 Å². The lowest BCUT2D eigenvalue weighted by molar-refractivity contribution is -0.0672. The SMILES string of the molecule is C[C@@H]1CN(CCNC(=O)NC[C@@H](c2ccco2)N(C)C)C[C@@H](C)O1. The number of nitrogens with one attached hydrogen (secondary N) is 2. The molecule has 0 saturated carbocycles. The minimum atomic E-state index is -0.150. The van der Waals surface area contributed by atoms with Crippen LogP contribution in [0.3, 0.4) is 0 Å². The molecule has 0 aromatic carbocycles. The van der Waals surface area contributed by atoms with Crippen molar-refractivity contribution in [1.29, 1.82) is 0 Å². The number of amides is 2. The maximum absolute atomic E-state index is 12.0. The van der Waals surface area contributed by atoms with Crippen LogP contribution in [0.5, 0.6) is 0 Å². The summed E-state index contributed by atoms with van der Waals surface area (Å²) in [6, 6.07) is 3.65. The Balaban J connectivity index is 1.67. The van der Waals surface area contributed by atoms with E-state index >= 15 is 0 Å². The predicted octanol–water partition coefficient (Wildman–Crippen LogP) is 1.29. The summed E-state index contributed by atoms with van der Waals surface area (Å²) in [5, 5.41) is 5.83. The first kappa shape index (κ1) is 18.8. The number of ether oxygens (including phenoxy) is 1. The van der Waals surface area contributed by atoms with Gasteiger partial charge in [-0.1, -0.05) is 0 Å². The van der Waals surface area contributed by atoms with Gasteiger partial charge in [0.1, 0.15) is 5.76 Å². The predicted molar refractivity (Wildman–Crippen MR) is 93.0 cm³/mol. The second-order valence-electron chi connectivity index (χ2n) is 6.65. The molecular formula is C17H30N4O3. The molecule has 136 valence electrons. The molecule has 2 N–H and O–H groups in total. The number of likely N-dealkylation sites (N-methyl/N-ethyl adjacent to an activating group) is 1. The normalized spacial score (nSPS) is 23.2. The van der Waals surface area contributed by atoms with Gasteiger partial charge in [-0.2, -0.15) is 0 Å². The van der Waals surface area contributed by atoms with Gasteiger partial charge in [-0.3, -0.25) is 9.80 Å². The molecule has 0 spiro atoms. The third-order valence-electron chi connectivity index (χ3n) is 4.16. The molecule has 0 radical (unpaired) electrons. The Kier molecular flexibility index (Phi) is 7.08. The molecule has 2 rings (SSSR count). The lowest BCUT2D eigenvalue weighted by Crippen LogP contribution is -2.49. The number of hydrogen-bond acceptors (Lipinski definition) is 5. The number of carbonyl (C=O) groups excluding carboxylic acids is 1. The van der Waals surface area contributed by atoms with E-state index in [0.717, 1.165) is 25.4 Å². The molecule has 2 heterocycles.